The first kappa shape index (κ1) is 24.0. The molecule has 0 saturated heterocycles. The van der Waals surface area contributed by atoms with E-state index in [9.17, 15) is 24.2 Å². The lowest BCUT2D eigenvalue weighted by Crippen LogP contribution is -2.22. The molecule has 0 heterocycles. The second-order valence-corrected chi connectivity index (χ2v) is 8.07. The van der Waals surface area contributed by atoms with E-state index in [2.05, 4.69) is 6.92 Å². The molecular formula is C21H37FO5. The molecule has 1 saturated carbocycles. The first-order valence-corrected chi connectivity index (χ1v) is 10.6. The Kier molecular flexibility index (Phi) is 11.8. The second-order valence-electron chi connectivity index (χ2n) is 8.07. The zero-order chi connectivity index (χ0) is 20.2. The van der Waals surface area contributed by atoms with Crippen LogP contribution in [0.5, 0.6) is 0 Å². The van der Waals surface area contributed by atoms with Crippen LogP contribution in [0, 0.1) is 17.8 Å². The summed E-state index contributed by atoms with van der Waals surface area (Å²) in [5.74, 6) is -1.28. The van der Waals surface area contributed by atoms with E-state index < -0.39 is 18.2 Å². The standard InChI is InChI=1S/C21H37FO5/c1-2-3-5-8-15(14-23)11-12-17-16(19(24)13-20(17)25)9-6-4-7-10-18(22)21(26)27/h15-18,20,23,25H,2-14H2,1H3,(H,26,27)/t15?,16-,17-,18?,20-/m1/s1. The molecule has 27 heavy (non-hydrogen) atoms. The number of aliphatic carboxylic acids is 1. The molecule has 1 aliphatic carbocycles. The summed E-state index contributed by atoms with van der Waals surface area (Å²) < 4.78 is 13.0. The van der Waals surface area contributed by atoms with Gasteiger partial charge in [0.2, 0.25) is 0 Å². The summed E-state index contributed by atoms with van der Waals surface area (Å²) in [5.41, 5.74) is 0. The number of alkyl halides is 1. The van der Waals surface area contributed by atoms with Gasteiger partial charge < -0.3 is 15.3 Å². The van der Waals surface area contributed by atoms with Gasteiger partial charge in [-0.15, -0.1) is 0 Å². The van der Waals surface area contributed by atoms with Crippen molar-refractivity contribution >= 4 is 11.8 Å². The van der Waals surface area contributed by atoms with Gasteiger partial charge in [0.25, 0.3) is 0 Å². The summed E-state index contributed by atoms with van der Waals surface area (Å²) in [5, 5.41) is 28.4. The molecule has 0 bridgehead atoms. The van der Waals surface area contributed by atoms with Crippen LogP contribution in [0.2, 0.25) is 0 Å². The number of carbonyl (C=O) groups excluding carboxylic acids is 1. The van der Waals surface area contributed by atoms with Gasteiger partial charge >= 0.3 is 5.97 Å². The average Bonchev–Trinajstić information content (AvgIpc) is 2.90. The van der Waals surface area contributed by atoms with Crippen LogP contribution in [-0.2, 0) is 9.59 Å². The van der Waals surface area contributed by atoms with Crippen LogP contribution in [0.3, 0.4) is 0 Å². The molecular weight excluding hydrogens is 351 g/mol. The van der Waals surface area contributed by atoms with Crippen molar-refractivity contribution in [2.45, 2.75) is 96.2 Å². The van der Waals surface area contributed by atoms with Crippen LogP contribution < -0.4 is 0 Å². The third kappa shape index (κ3) is 8.69. The third-order valence-corrected chi connectivity index (χ3v) is 5.96. The number of Topliss-reactive ketones (excluding diaryl/α,β-unsaturated/α-hetero) is 1. The van der Waals surface area contributed by atoms with Crippen LogP contribution in [0.15, 0.2) is 0 Å². The highest BCUT2D eigenvalue weighted by Gasteiger charge is 2.40. The zero-order valence-electron chi connectivity index (χ0n) is 16.6. The number of carboxylic acid groups (broad SMARTS) is 1. The monoisotopic (exact) mass is 388 g/mol. The van der Waals surface area contributed by atoms with Gasteiger partial charge in [-0.3, -0.25) is 4.79 Å². The molecule has 158 valence electrons. The second kappa shape index (κ2) is 13.2. The number of unbranched alkanes of at least 4 members (excludes halogenated alkanes) is 4. The van der Waals surface area contributed by atoms with E-state index >= 15 is 0 Å². The lowest BCUT2D eigenvalue weighted by atomic mass is 9.83. The van der Waals surface area contributed by atoms with Gasteiger partial charge in [0, 0.05) is 18.9 Å². The van der Waals surface area contributed by atoms with Crippen molar-refractivity contribution in [1.82, 2.24) is 0 Å². The quantitative estimate of drug-likeness (QED) is 0.370. The summed E-state index contributed by atoms with van der Waals surface area (Å²) in [6.07, 6.45) is 6.37. The van der Waals surface area contributed by atoms with Crippen molar-refractivity contribution in [3.8, 4) is 0 Å². The SMILES string of the molecule is CCCCCC(CO)CC[C@H]1[C@H](O)CC(=O)[C@@H]1CCCCCC(F)C(=O)O. The minimum atomic E-state index is -1.81. The van der Waals surface area contributed by atoms with E-state index in [4.69, 9.17) is 5.11 Å². The Bertz CT molecular complexity index is 442. The molecule has 0 aliphatic heterocycles. The number of hydrogen-bond donors (Lipinski definition) is 3. The fourth-order valence-corrected chi connectivity index (χ4v) is 4.21. The zero-order valence-corrected chi connectivity index (χ0v) is 16.6. The maximum Gasteiger partial charge on any atom is 0.338 e. The molecule has 0 aromatic carbocycles. The van der Waals surface area contributed by atoms with Crippen LogP contribution >= 0.6 is 0 Å². The minimum absolute atomic E-state index is 0.00986. The van der Waals surface area contributed by atoms with E-state index in [1.54, 1.807) is 0 Å². The summed E-state index contributed by atoms with van der Waals surface area (Å²) in [7, 11) is 0. The predicted octanol–water partition coefficient (Wildman–Crippen LogP) is 3.89. The maximum absolute atomic E-state index is 13.0. The van der Waals surface area contributed by atoms with Crippen molar-refractivity contribution in [2.24, 2.45) is 17.8 Å². The number of carbonyl (C=O) groups is 2. The largest absolute Gasteiger partial charge is 0.479 e. The topological polar surface area (TPSA) is 94.8 Å². The molecule has 1 aliphatic rings. The van der Waals surface area contributed by atoms with Gasteiger partial charge in [-0.2, -0.15) is 0 Å². The van der Waals surface area contributed by atoms with Crippen LogP contribution in [0.4, 0.5) is 4.39 Å². The number of carboxylic acids is 1. The highest BCUT2D eigenvalue weighted by molar-refractivity contribution is 5.84. The lowest BCUT2D eigenvalue weighted by molar-refractivity contribution is -0.143. The van der Waals surface area contributed by atoms with Gasteiger partial charge in [0.15, 0.2) is 6.17 Å². The molecule has 2 unspecified atom stereocenters. The maximum atomic E-state index is 13.0. The molecule has 0 aromatic heterocycles. The first-order chi connectivity index (χ1) is 12.9. The van der Waals surface area contributed by atoms with Crippen LogP contribution in [0.25, 0.3) is 0 Å². The molecule has 0 aromatic rings. The Hall–Kier alpha value is -1.01. The van der Waals surface area contributed by atoms with Crippen molar-refractivity contribution in [3.05, 3.63) is 0 Å². The van der Waals surface area contributed by atoms with E-state index in [1.165, 1.54) is 0 Å². The Morgan fingerprint density at radius 2 is 1.81 bits per heavy atom. The molecule has 0 amide bonds. The van der Waals surface area contributed by atoms with Gasteiger partial charge in [-0.1, -0.05) is 39.0 Å². The minimum Gasteiger partial charge on any atom is -0.479 e. The molecule has 5 atom stereocenters. The molecule has 5 nitrogen and oxygen atoms in total. The highest BCUT2D eigenvalue weighted by Crippen LogP contribution is 2.37. The summed E-state index contributed by atoms with van der Waals surface area (Å²) in [4.78, 5) is 22.7. The van der Waals surface area contributed by atoms with Gasteiger partial charge in [-0.05, 0) is 50.4 Å². The summed E-state index contributed by atoms with van der Waals surface area (Å²) in [6, 6.07) is 0. The smallest absolute Gasteiger partial charge is 0.338 e. The summed E-state index contributed by atoms with van der Waals surface area (Å²) in [6.45, 7) is 2.30. The normalized spacial score (nSPS) is 24.9. The lowest BCUT2D eigenvalue weighted by Gasteiger charge is -2.23. The van der Waals surface area contributed by atoms with E-state index in [1.807, 2.05) is 0 Å². The van der Waals surface area contributed by atoms with Gasteiger partial charge in [-0.25, -0.2) is 9.18 Å². The Labute approximate surface area is 162 Å². The first-order valence-electron chi connectivity index (χ1n) is 10.6. The number of ketones is 1. The predicted molar refractivity (Wildman–Crippen MR) is 102 cm³/mol. The average molecular weight is 389 g/mol. The number of rotatable bonds is 15. The van der Waals surface area contributed by atoms with Crippen molar-refractivity contribution < 1.29 is 29.3 Å². The Morgan fingerprint density at radius 3 is 2.44 bits per heavy atom. The molecule has 1 fully saturated rings. The van der Waals surface area contributed by atoms with E-state index in [-0.39, 0.29) is 43.0 Å². The Balaban J connectivity index is 2.38. The number of halogens is 1. The fraction of sp³-hybridized carbons (Fsp3) is 0.905. The van der Waals surface area contributed by atoms with E-state index in [0.29, 0.717) is 19.3 Å². The van der Waals surface area contributed by atoms with Gasteiger partial charge in [0.1, 0.15) is 5.78 Å². The van der Waals surface area contributed by atoms with Crippen LogP contribution in [0.1, 0.15) is 84.0 Å². The number of aliphatic hydroxyl groups is 2. The molecule has 0 spiro atoms. The van der Waals surface area contributed by atoms with Crippen molar-refractivity contribution in [3.63, 3.8) is 0 Å². The third-order valence-electron chi connectivity index (χ3n) is 5.96. The van der Waals surface area contributed by atoms with Gasteiger partial charge in [0.05, 0.1) is 6.10 Å². The van der Waals surface area contributed by atoms with Crippen molar-refractivity contribution in [1.29, 1.82) is 0 Å². The molecule has 6 heteroatoms. The number of aliphatic hydroxyl groups excluding tert-OH is 2. The Morgan fingerprint density at radius 1 is 1.11 bits per heavy atom. The molecule has 1 rings (SSSR count). The molecule has 0 radical (unpaired) electrons. The fourth-order valence-electron chi connectivity index (χ4n) is 4.21. The number of hydrogen-bond acceptors (Lipinski definition) is 4. The molecule has 3 N–H and O–H groups in total. The van der Waals surface area contributed by atoms with Crippen molar-refractivity contribution in [2.75, 3.05) is 6.61 Å². The highest BCUT2D eigenvalue weighted by atomic mass is 19.1. The van der Waals surface area contributed by atoms with Crippen LogP contribution in [-0.4, -0.2) is 46.0 Å². The van der Waals surface area contributed by atoms with E-state index in [0.717, 1.165) is 44.9 Å². The summed E-state index contributed by atoms with van der Waals surface area (Å²) >= 11 is 0.